The van der Waals surface area contributed by atoms with Gasteiger partial charge in [0.15, 0.2) is 0 Å². The summed E-state index contributed by atoms with van der Waals surface area (Å²) in [5.41, 5.74) is 1.21. The minimum atomic E-state index is -0.676. The molecule has 1 unspecified atom stereocenters. The fourth-order valence-electron chi connectivity index (χ4n) is 2.31. The van der Waals surface area contributed by atoms with Crippen molar-refractivity contribution in [2.75, 3.05) is 13.1 Å². The van der Waals surface area contributed by atoms with Gasteiger partial charge in [0.05, 0.1) is 0 Å². The topological polar surface area (TPSA) is 40.5 Å². The maximum Gasteiger partial charge on any atom is 0.303 e. The molecule has 0 aromatic rings. The van der Waals surface area contributed by atoms with E-state index in [1.807, 2.05) is 0 Å². The molecule has 1 rings (SSSR count). The molecule has 0 radical (unpaired) electrons. The van der Waals surface area contributed by atoms with E-state index in [1.54, 1.807) is 0 Å². The molecule has 0 bridgehead atoms. The lowest BCUT2D eigenvalue weighted by Gasteiger charge is -2.35. The number of carboxylic acid groups (broad SMARTS) is 1. The van der Waals surface area contributed by atoms with Gasteiger partial charge in [-0.3, -0.25) is 4.79 Å². The summed E-state index contributed by atoms with van der Waals surface area (Å²) in [5.74, 6) is -0.676. The van der Waals surface area contributed by atoms with Crippen molar-refractivity contribution in [2.45, 2.75) is 51.5 Å². The molecule has 1 saturated heterocycles. The first-order valence-corrected chi connectivity index (χ1v) is 6.20. The van der Waals surface area contributed by atoms with Gasteiger partial charge in [-0.1, -0.05) is 12.0 Å². The van der Waals surface area contributed by atoms with Crippen molar-refractivity contribution in [2.24, 2.45) is 0 Å². The van der Waals surface area contributed by atoms with Gasteiger partial charge in [0, 0.05) is 19.0 Å². The smallest absolute Gasteiger partial charge is 0.303 e. The Balaban J connectivity index is 2.37. The first-order valence-electron chi connectivity index (χ1n) is 6.20. The molecule has 0 aromatic heterocycles. The van der Waals surface area contributed by atoms with Crippen LogP contribution in [0.1, 0.15) is 45.4 Å². The van der Waals surface area contributed by atoms with Gasteiger partial charge in [-0.2, -0.15) is 0 Å². The van der Waals surface area contributed by atoms with Crippen LogP contribution in [0, 0.1) is 0 Å². The first kappa shape index (κ1) is 13.2. The van der Waals surface area contributed by atoms with Crippen LogP contribution in [0.2, 0.25) is 0 Å². The normalized spacial score (nSPS) is 21.9. The number of rotatable bonds is 6. The minimum absolute atomic E-state index is 0.300. The van der Waals surface area contributed by atoms with E-state index in [9.17, 15) is 4.79 Å². The van der Waals surface area contributed by atoms with Crippen molar-refractivity contribution in [3.05, 3.63) is 12.2 Å². The van der Waals surface area contributed by atoms with Crippen LogP contribution in [0.15, 0.2) is 12.2 Å². The van der Waals surface area contributed by atoms with Crippen molar-refractivity contribution < 1.29 is 9.90 Å². The van der Waals surface area contributed by atoms with E-state index in [0.29, 0.717) is 12.5 Å². The fraction of sp³-hybridized carbons (Fsp3) is 0.769. The molecule has 1 aliphatic rings. The number of hydrogen-bond donors (Lipinski definition) is 1. The maximum atomic E-state index is 10.6. The summed E-state index contributed by atoms with van der Waals surface area (Å²) in [5, 5.41) is 8.72. The summed E-state index contributed by atoms with van der Waals surface area (Å²) in [6.45, 7) is 8.13. The zero-order valence-corrected chi connectivity index (χ0v) is 10.2. The van der Waals surface area contributed by atoms with Crippen LogP contribution in [0.4, 0.5) is 0 Å². The molecule has 1 fully saturated rings. The van der Waals surface area contributed by atoms with Gasteiger partial charge in [-0.05, 0) is 39.2 Å². The van der Waals surface area contributed by atoms with E-state index < -0.39 is 5.97 Å². The molecule has 0 spiro atoms. The third-order valence-corrected chi connectivity index (χ3v) is 3.27. The predicted octanol–water partition coefficient (Wildman–Crippen LogP) is 2.67. The van der Waals surface area contributed by atoms with Gasteiger partial charge in [-0.25, -0.2) is 0 Å². The summed E-state index contributed by atoms with van der Waals surface area (Å²) in [4.78, 5) is 13.0. The van der Waals surface area contributed by atoms with Gasteiger partial charge >= 0.3 is 5.97 Å². The fourth-order valence-corrected chi connectivity index (χ4v) is 2.31. The highest BCUT2D eigenvalue weighted by atomic mass is 16.4. The van der Waals surface area contributed by atoms with E-state index >= 15 is 0 Å². The Bertz CT molecular complexity index is 224. The van der Waals surface area contributed by atoms with Crippen LogP contribution >= 0.6 is 0 Å². The van der Waals surface area contributed by atoms with Crippen LogP contribution in [0.25, 0.3) is 0 Å². The quantitative estimate of drug-likeness (QED) is 0.706. The number of nitrogens with zero attached hydrogens (tertiary/aromatic N) is 1. The number of carboxylic acids is 1. The SMILES string of the molecule is C=C(C)CCN1CCCCC1CCC(=O)O. The molecule has 1 atom stereocenters. The van der Waals surface area contributed by atoms with E-state index in [1.165, 1.54) is 18.4 Å². The Morgan fingerprint density at radius 3 is 2.81 bits per heavy atom. The average Bonchev–Trinajstić information content (AvgIpc) is 2.24. The van der Waals surface area contributed by atoms with Crippen LogP contribution in [0.3, 0.4) is 0 Å². The molecule has 1 N–H and O–H groups in total. The second kappa shape index (κ2) is 6.69. The van der Waals surface area contributed by atoms with E-state index in [0.717, 1.165) is 32.4 Å². The maximum absolute atomic E-state index is 10.6. The van der Waals surface area contributed by atoms with Crippen molar-refractivity contribution in [1.82, 2.24) is 4.90 Å². The Labute approximate surface area is 98.1 Å². The highest BCUT2D eigenvalue weighted by Gasteiger charge is 2.22. The Morgan fingerprint density at radius 2 is 2.19 bits per heavy atom. The summed E-state index contributed by atoms with van der Waals surface area (Å²) >= 11 is 0. The van der Waals surface area contributed by atoms with Crippen LogP contribution in [-0.4, -0.2) is 35.1 Å². The second-order valence-electron chi connectivity index (χ2n) is 4.83. The number of hydrogen-bond acceptors (Lipinski definition) is 2. The van der Waals surface area contributed by atoms with Crippen molar-refractivity contribution >= 4 is 5.97 Å². The van der Waals surface area contributed by atoms with Crippen LogP contribution < -0.4 is 0 Å². The Hall–Kier alpha value is -0.830. The van der Waals surface area contributed by atoms with Gasteiger partial charge in [-0.15, -0.1) is 6.58 Å². The molecule has 0 aromatic carbocycles. The molecule has 92 valence electrons. The Kier molecular flexibility index (Phi) is 5.53. The average molecular weight is 225 g/mol. The third-order valence-electron chi connectivity index (χ3n) is 3.27. The molecule has 1 heterocycles. The predicted molar refractivity (Wildman–Crippen MR) is 65.5 cm³/mol. The molecule has 0 amide bonds. The monoisotopic (exact) mass is 225 g/mol. The summed E-state index contributed by atoms with van der Waals surface area (Å²) < 4.78 is 0. The molecule has 0 aliphatic carbocycles. The first-order chi connectivity index (χ1) is 7.59. The molecular weight excluding hydrogens is 202 g/mol. The van der Waals surface area contributed by atoms with Crippen molar-refractivity contribution in [3.63, 3.8) is 0 Å². The zero-order valence-electron chi connectivity index (χ0n) is 10.2. The van der Waals surface area contributed by atoms with Gasteiger partial charge < -0.3 is 10.0 Å². The highest BCUT2D eigenvalue weighted by molar-refractivity contribution is 5.66. The van der Waals surface area contributed by atoms with E-state index in [4.69, 9.17) is 5.11 Å². The molecule has 16 heavy (non-hydrogen) atoms. The van der Waals surface area contributed by atoms with Crippen molar-refractivity contribution in [1.29, 1.82) is 0 Å². The van der Waals surface area contributed by atoms with Gasteiger partial charge in [0.1, 0.15) is 0 Å². The second-order valence-corrected chi connectivity index (χ2v) is 4.83. The number of likely N-dealkylation sites (tertiary alicyclic amines) is 1. The molecule has 3 heteroatoms. The Morgan fingerprint density at radius 1 is 1.44 bits per heavy atom. The largest absolute Gasteiger partial charge is 0.481 e. The number of aliphatic carboxylic acids is 1. The zero-order chi connectivity index (χ0) is 12.0. The standard InChI is InChI=1S/C13H23NO2/c1-11(2)8-10-14-9-4-3-5-12(14)6-7-13(15)16/h12H,1,3-10H2,2H3,(H,15,16). The summed E-state index contributed by atoms with van der Waals surface area (Å²) in [7, 11) is 0. The molecular formula is C13H23NO2. The van der Waals surface area contributed by atoms with E-state index in [-0.39, 0.29) is 0 Å². The summed E-state index contributed by atoms with van der Waals surface area (Å²) in [6, 6.07) is 0.476. The van der Waals surface area contributed by atoms with Gasteiger partial charge in [0.25, 0.3) is 0 Å². The van der Waals surface area contributed by atoms with Crippen molar-refractivity contribution in [3.8, 4) is 0 Å². The lowest BCUT2D eigenvalue weighted by atomic mass is 9.97. The van der Waals surface area contributed by atoms with E-state index in [2.05, 4.69) is 18.4 Å². The van der Waals surface area contributed by atoms with Crippen LogP contribution in [-0.2, 0) is 4.79 Å². The van der Waals surface area contributed by atoms with Crippen LogP contribution in [0.5, 0.6) is 0 Å². The number of carbonyl (C=O) groups is 1. The lowest BCUT2D eigenvalue weighted by Crippen LogP contribution is -2.40. The molecule has 0 saturated carbocycles. The summed E-state index contributed by atoms with van der Waals surface area (Å²) in [6.07, 6.45) is 5.78. The molecule has 1 aliphatic heterocycles. The number of piperidine rings is 1. The third kappa shape index (κ3) is 4.79. The highest BCUT2D eigenvalue weighted by Crippen LogP contribution is 2.21. The molecule has 3 nitrogen and oxygen atoms in total. The minimum Gasteiger partial charge on any atom is -0.481 e. The van der Waals surface area contributed by atoms with Gasteiger partial charge in [0.2, 0.25) is 0 Å². The lowest BCUT2D eigenvalue weighted by molar-refractivity contribution is -0.137.